The number of rotatable bonds is 0. The maximum absolute atomic E-state index is 8.42. The Hall–Kier alpha value is -4.14. The second-order valence-electron chi connectivity index (χ2n) is 4.60. The summed E-state index contributed by atoms with van der Waals surface area (Å²) in [4.78, 5) is 8.91. The molecule has 0 atom stereocenters. The Morgan fingerprint density at radius 3 is 0.750 bits per heavy atom. The third-order valence-corrected chi connectivity index (χ3v) is 2.61. The van der Waals surface area contributed by atoms with Gasteiger partial charge < -0.3 is 15.1 Å². The molecular formula is C18H15BN6O3. The maximum Gasteiger partial charge on any atom is 0.385 e. The first-order chi connectivity index (χ1) is 13.5. The van der Waals surface area contributed by atoms with Gasteiger partial charge in [0.05, 0.1) is 0 Å². The van der Waals surface area contributed by atoms with Crippen molar-refractivity contribution in [3.63, 3.8) is 0 Å². The lowest BCUT2D eigenvalue weighted by molar-refractivity contribution is -0.479. The van der Waals surface area contributed by atoms with Crippen LogP contribution in [0.3, 0.4) is 0 Å². The van der Waals surface area contributed by atoms with Crippen LogP contribution in [0.5, 0.6) is 0 Å². The molecule has 0 aliphatic heterocycles. The standard InChI is InChI=1S/3C6H5N2.BO3/c3*7-8-6-4-2-1-3-5-6;2-1(3)4/h3*1-5H;/q3*+1;-3. The third-order valence-electron chi connectivity index (χ3n) is 2.61. The summed E-state index contributed by atoms with van der Waals surface area (Å²) in [5, 5.41) is 49.7. The van der Waals surface area contributed by atoms with Crippen molar-refractivity contribution in [1.82, 2.24) is 0 Å². The summed E-state index contributed by atoms with van der Waals surface area (Å²) >= 11 is 0. The van der Waals surface area contributed by atoms with Crippen molar-refractivity contribution in [1.29, 1.82) is 16.2 Å². The van der Waals surface area contributed by atoms with Crippen LogP contribution >= 0.6 is 0 Å². The van der Waals surface area contributed by atoms with Gasteiger partial charge in [0, 0.05) is 36.4 Å². The van der Waals surface area contributed by atoms with Crippen LogP contribution in [0.15, 0.2) is 91.0 Å². The molecule has 0 unspecified atom stereocenters. The van der Waals surface area contributed by atoms with Crippen molar-refractivity contribution in [2.24, 2.45) is 0 Å². The molecule has 0 fully saturated rings. The van der Waals surface area contributed by atoms with Crippen molar-refractivity contribution in [2.75, 3.05) is 0 Å². The topological polar surface area (TPSA) is 154 Å². The summed E-state index contributed by atoms with van der Waals surface area (Å²) in [6.45, 7) is 0. The minimum Gasteiger partial charge on any atom is -0.907 e. The molecule has 138 valence electrons. The van der Waals surface area contributed by atoms with Crippen LogP contribution in [0, 0.1) is 16.2 Å². The lowest BCUT2D eigenvalue weighted by atomic mass is 10.3. The molecule has 0 N–H and O–H groups in total. The molecule has 0 saturated heterocycles. The molecule has 0 radical (unpaired) electrons. The number of benzene rings is 3. The summed E-state index contributed by atoms with van der Waals surface area (Å²) in [5.74, 6) is 0. The van der Waals surface area contributed by atoms with Gasteiger partial charge in [0.1, 0.15) is 0 Å². The predicted octanol–water partition coefficient (Wildman–Crippen LogP) is 2.57. The van der Waals surface area contributed by atoms with Gasteiger partial charge in [-0.1, -0.05) is 54.6 Å². The first-order valence-electron chi connectivity index (χ1n) is 7.71. The highest BCUT2D eigenvalue weighted by Gasteiger charge is 1.97. The largest absolute Gasteiger partial charge is 0.907 e. The highest BCUT2D eigenvalue weighted by Crippen LogP contribution is 2.08. The fourth-order valence-corrected chi connectivity index (χ4v) is 1.48. The van der Waals surface area contributed by atoms with Crippen molar-refractivity contribution < 1.29 is 15.1 Å². The molecule has 0 amide bonds. The summed E-state index contributed by atoms with van der Waals surface area (Å²) in [6, 6.07) is 26.8. The molecule has 3 aromatic rings. The van der Waals surface area contributed by atoms with Gasteiger partial charge in [-0.3, -0.25) is 7.32 Å². The SMILES string of the molecule is N#[N+]c1ccccc1.N#[N+]c1ccccc1.N#[N+]c1ccccc1.[O-]B([O-])[O-]. The zero-order chi connectivity index (χ0) is 21.0. The number of diazo groups is 3. The Balaban J connectivity index is 0.000000358. The molecule has 0 aromatic heterocycles. The predicted molar refractivity (Wildman–Crippen MR) is 99.3 cm³/mol. The van der Waals surface area contributed by atoms with Gasteiger partial charge in [0.2, 0.25) is 16.2 Å². The van der Waals surface area contributed by atoms with E-state index in [0.717, 1.165) is 0 Å². The average Bonchev–Trinajstić information content (AvgIpc) is 2.76. The van der Waals surface area contributed by atoms with Gasteiger partial charge in [-0.25, -0.2) is 0 Å². The zero-order valence-corrected chi connectivity index (χ0v) is 14.6. The van der Waals surface area contributed by atoms with Gasteiger partial charge >= 0.3 is 17.1 Å². The van der Waals surface area contributed by atoms with E-state index in [1.54, 1.807) is 36.4 Å². The summed E-state index contributed by atoms with van der Waals surface area (Å²) in [5.41, 5.74) is 1.77. The van der Waals surface area contributed by atoms with Gasteiger partial charge in [0.15, 0.2) is 14.9 Å². The van der Waals surface area contributed by atoms with Gasteiger partial charge in [-0.2, -0.15) is 0 Å². The molecule has 3 rings (SSSR count). The third kappa shape index (κ3) is 14.2. The summed E-state index contributed by atoms with van der Waals surface area (Å²) in [6.07, 6.45) is 0. The quantitative estimate of drug-likeness (QED) is 0.435. The van der Waals surface area contributed by atoms with Crippen molar-refractivity contribution >= 4 is 24.4 Å². The molecule has 0 aliphatic rings. The Morgan fingerprint density at radius 2 is 0.643 bits per heavy atom. The van der Waals surface area contributed by atoms with Crippen LogP contribution in [0.4, 0.5) is 17.1 Å². The minimum absolute atomic E-state index is 0.590. The molecule has 0 bridgehead atoms. The lowest BCUT2D eigenvalue weighted by Gasteiger charge is -2.35. The van der Waals surface area contributed by atoms with E-state index in [9.17, 15) is 0 Å². The van der Waals surface area contributed by atoms with Crippen molar-refractivity contribution in [3.05, 3.63) is 106 Å². The Bertz CT molecular complexity index is 771. The van der Waals surface area contributed by atoms with Gasteiger partial charge in [-0.15, -0.1) is 0 Å². The highest BCUT2D eigenvalue weighted by atomic mass is 16.5. The van der Waals surface area contributed by atoms with E-state index in [1.807, 2.05) is 54.6 Å². The first-order valence-corrected chi connectivity index (χ1v) is 7.71. The number of hydrogen-bond acceptors (Lipinski definition) is 6. The molecule has 3 aromatic carbocycles. The normalized spacial score (nSPS) is 7.71. The second kappa shape index (κ2) is 16.3. The molecule has 9 nitrogen and oxygen atoms in total. The highest BCUT2D eigenvalue weighted by molar-refractivity contribution is 6.24. The fraction of sp³-hybridized carbons (Fsp3) is 0. The monoisotopic (exact) mass is 374 g/mol. The minimum atomic E-state index is -2.92. The maximum atomic E-state index is 8.42. The fourth-order valence-electron chi connectivity index (χ4n) is 1.48. The van der Waals surface area contributed by atoms with Crippen molar-refractivity contribution in [2.45, 2.75) is 0 Å². The van der Waals surface area contributed by atoms with Crippen LogP contribution in [0.25, 0.3) is 14.9 Å². The van der Waals surface area contributed by atoms with Crippen LogP contribution < -0.4 is 15.1 Å². The van der Waals surface area contributed by atoms with Crippen LogP contribution in [0.1, 0.15) is 0 Å². The van der Waals surface area contributed by atoms with Gasteiger partial charge in [0.25, 0.3) is 0 Å². The van der Waals surface area contributed by atoms with E-state index in [2.05, 4.69) is 14.9 Å². The molecule has 0 heterocycles. The molecular weight excluding hydrogens is 359 g/mol. The zero-order valence-electron chi connectivity index (χ0n) is 14.6. The van der Waals surface area contributed by atoms with Crippen molar-refractivity contribution in [3.8, 4) is 0 Å². The van der Waals surface area contributed by atoms with Crippen LogP contribution in [-0.4, -0.2) is 7.32 Å². The van der Waals surface area contributed by atoms with E-state index < -0.39 is 7.32 Å². The Labute approximate surface area is 162 Å². The first kappa shape index (κ1) is 23.9. The van der Waals surface area contributed by atoms with E-state index in [1.165, 1.54) is 0 Å². The van der Waals surface area contributed by atoms with Gasteiger partial charge in [-0.05, 0) is 0 Å². The number of nitrogens with zero attached hydrogens (tertiary/aromatic N) is 6. The van der Waals surface area contributed by atoms with Crippen LogP contribution in [0.2, 0.25) is 0 Å². The Kier molecular flexibility index (Phi) is 13.9. The van der Waals surface area contributed by atoms with E-state index in [-0.39, 0.29) is 0 Å². The second-order valence-corrected chi connectivity index (χ2v) is 4.60. The van der Waals surface area contributed by atoms with E-state index in [4.69, 9.17) is 31.3 Å². The molecule has 10 heteroatoms. The number of hydrogen-bond donors (Lipinski definition) is 0. The molecule has 0 spiro atoms. The van der Waals surface area contributed by atoms with Crippen LogP contribution in [-0.2, 0) is 0 Å². The smallest absolute Gasteiger partial charge is 0.385 e. The van der Waals surface area contributed by atoms with E-state index in [0.29, 0.717) is 17.1 Å². The Morgan fingerprint density at radius 1 is 0.464 bits per heavy atom. The van der Waals surface area contributed by atoms with E-state index >= 15 is 0 Å². The lowest BCUT2D eigenvalue weighted by Crippen LogP contribution is -2.56. The molecule has 0 saturated carbocycles. The summed E-state index contributed by atoms with van der Waals surface area (Å²) < 4.78 is 0. The molecule has 28 heavy (non-hydrogen) atoms. The summed E-state index contributed by atoms with van der Waals surface area (Å²) in [7, 11) is -2.92. The molecule has 0 aliphatic carbocycles. The average molecular weight is 374 g/mol.